The second-order valence-corrected chi connectivity index (χ2v) is 4.94. The molecule has 0 aliphatic rings. The lowest BCUT2D eigenvalue weighted by atomic mass is 10.1. The number of halogens is 1. The van der Waals surface area contributed by atoms with Gasteiger partial charge in [-0.25, -0.2) is 4.98 Å². The zero-order valence-electron chi connectivity index (χ0n) is 10.8. The number of aromatic nitrogens is 2. The summed E-state index contributed by atoms with van der Waals surface area (Å²) in [5.41, 5.74) is 3.25. The van der Waals surface area contributed by atoms with Gasteiger partial charge >= 0.3 is 0 Å². The van der Waals surface area contributed by atoms with Crippen molar-refractivity contribution in [2.45, 2.75) is 6.92 Å². The van der Waals surface area contributed by atoms with E-state index in [4.69, 9.17) is 11.6 Å². The topological polar surface area (TPSA) is 42.9 Å². The first-order valence-electron chi connectivity index (χ1n) is 6.18. The summed E-state index contributed by atoms with van der Waals surface area (Å²) in [7, 11) is 0. The van der Waals surface area contributed by atoms with E-state index in [2.05, 4.69) is 9.97 Å². The molecule has 0 saturated carbocycles. The predicted octanol–water partition coefficient (Wildman–Crippen LogP) is 3.82. The fourth-order valence-corrected chi connectivity index (χ4v) is 2.13. The van der Waals surface area contributed by atoms with Crippen LogP contribution in [0, 0.1) is 6.92 Å². The van der Waals surface area contributed by atoms with Gasteiger partial charge in [0.2, 0.25) is 5.78 Å². The quantitative estimate of drug-likeness (QED) is 0.671. The highest BCUT2D eigenvalue weighted by Crippen LogP contribution is 2.19. The third-order valence-corrected chi connectivity index (χ3v) is 3.52. The van der Waals surface area contributed by atoms with Crippen molar-refractivity contribution < 1.29 is 4.79 Å². The molecular weight excluding hydrogens is 272 g/mol. The van der Waals surface area contributed by atoms with E-state index < -0.39 is 0 Å². The van der Waals surface area contributed by atoms with E-state index in [-0.39, 0.29) is 5.78 Å². The molecule has 3 rings (SSSR count). The van der Waals surface area contributed by atoms with E-state index in [1.807, 2.05) is 37.3 Å². The van der Waals surface area contributed by atoms with Crippen molar-refractivity contribution >= 4 is 28.4 Å². The molecule has 0 spiro atoms. The Hall–Kier alpha value is -2.26. The van der Waals surface area contributed by atoms with Crippen LogP contribution < -0.4 is 0 Å². The molecule has 0 unspecified atom stereocenters. The SMILES string of the molecule is Cc1ccc(C(=O)c2cnc3ccccc3n2)cc1Cl. The highest BCUT2D eigenvalue weighted by Gasteiger charge is 2.13. The number of hydrogen-bond acceptors (Lipinski definition) is 3. The molecule has 0 aliphatic heterocycles. The van der Waals surface area contributed by atoms with Gasteiger partial charge in [-0.1, -0.05) is 35.9 Å². The van der Waals surface area contributed by atoms with Gasteiger partial charge in [0.25, 0.3) is 0 Å². The molecular formula is C16H11ClN2O. The smallest absolute Gasteiger partial charge is 0.213 e. The molecule has 1 heterocycles. The van der Waals surface area contributed by atoms with E-state index in [1.165, 1.54) is 6.20 Å². The Morgan fingerprint density at radius 1 is 1.10 bits per heavy atom. The molecule has 20 heavy (non-hydrogen) atoms. The summed E-state index contributed by atoms with van der Waals surface area (Å²) in [6, 6.07) is 12.7. The van der Waals surface area contributed by atoms with Crippen molar-refractivity contribution in [1.82, 2.24) is 9.97 Å². The highest BCUT2D eigenvalue weighted by molar-refractivity contribution is 6.31. The van der Waals surface area contributed by atoms with Crippen molar-refractivity contribution in [3.8, 4) is 0 Å². The number of fused-ring (bicyclic) bond motifs is 1. The Labute approximate surface area is 121 Å². The molecule has 0 aliphatic carbocycles. The summed E-state index contributed by atoms with van der Waals surface area (Å²) >= 11 is 6.05. The molecule has 3 nitrogen and oxygen atoms in total. The fraction of sp³-hybridized carbons (Fsp3) is 0.0625. The first-order valence-corrected chi connectivity index (χ1v) is 6.55. The van der Waals surface area contributed by atoms with Crippen LogP contribution in [0.5, 0.6) is 0 Å². The number of para-hydroxylation sites is 2. The molecule has 0 atom stereocenters. The van der Waals surface area contributed by atoms with E-state index in [9.17, 15) is 4.79 Å². The largest absolute Gasteiger partial charge is 0.287 e. The minimum Gasteiger partial charge on any atom is -0.287 e. The van der Waals surface area contributed by atoms with Crippen molar-refractivity contribution in [3.05, 3.63) is 70.5 Å². The lowest BCUT2D eigenvalue weighted by molar-refractivity contribution is 0.103. The Bertz CT molecular complexity index is 814. The van der Waals surface area contributed by atoms with Gasteiger partial charge in [-0.3, -0.25) is 9.78 Å². The average molecular weight is 283 g/mol. The Morgan fingerprint density at radius 3 is 2.60 bits per heavy atom. The Balaban J connectivity index is 2.05. The van der Waals surface area contributed by atoms with E-state index in [1.54, 1.807) is 12.1 Å². The third-order valence-electron chi connectivity index (χ3n) is 3.12. The van der Waals surface area contributed by atoms with Crippen LogP contribution in [0.25, 0.3) is 11.0 Å². The van der Waals surface area contributed by atoms with E-state index in [0.717, 1.165) is 11.1 Å². The van der Waals surface area contributed by atoms with Crippen LogP contribution in [0.3, 0.4) is 0 Å². The van der Waals surface area contributed by atoms with E-state index in [0.29, 0.717) is 21.8 Å². The minimum atomic E-state index is -0.176. The van der Waals surface area contributed by atoms with Gasteiger partial charge in [0.05, 0.1) is 17.2 Å². The van der Waals surface area contributed by atoms with Crippen molar-refractivity contribution in [3.63, 3.8) is 0 Å². The van der Waals surface area contributed by atoms with Gasteiger partial charge in [0, 0.05) is 10.6 Å². The van der Waals surface area contributed by atoms with Crippen LogP contribution in [0.2, 0.25) is 5.02 Å². The summed E-state index contributed by atoms with van der Waals surface area (Å²) in [6.07, 6.45) is 1.50. The van der Waals surface area contributed by atoms with Gasteiger partial charge < -0.3 is 0 Å². The van der Waals surface area contributed by atoms with Gasteiger partial charge in [0.15, 0.2) is 0 Å². The number of carbonyl (C=O) groups excluding carboxylic acids is 1. The molecule has 0 amide bonds. The van der Waals surface area contributed by atoms with Crippen LogP contribution in [0.1, 0.15) is 21.6 Å². The minimum absolute atomic E-state index is 0.176. The van der Waals surface area contributed by atoms with Crippen LogP contribution in [-0.4, -0.2) is 15.8 Å². The maximum absolute atomic E-state index is 12.4. The fourth-order valence-electron chi connectivity index (χ4n) is 1.95. The van der Waals surface area contributed by atoms with Crippen LogP contribution in [-0.2, 0) is 0 Å². The molecule has 2 aromatic carbocycles. The monoisotopic (exact) mass is 282 g/mol. The summed E-state index contributed by atoms with van der Waals surface area (Å²) in [5.74, 6) is -0.176. The average Bonchev–Trinajstić information content (AvgIpc) is 2.49. The summed E-state index contributed by atoms with van der Waals surface area (Å²) in [5, 5.41) is 0.574. The normalized spacial score (nSPS) is 10.7. The van der Waals surface area contributed by atoms with Gasteiger partial charge in [-0.15, -0.1) is 0 Å². The molecule has 4 heteroatoms. The molecule has 0 radical (unpaired) electrons. The zero-order chi connectivity index (χ0) is 14.1. The number of aryl methyl sites for hydroxylation is 1. The maximum Gasteiger partial charge on any atom is 0.213 e. The number of nitrogens with zero attached hydrogens (tertiary/aromatic N) is 2. The van der Waals surface area contributed by atoms with Gasteiger partial charge in [-0.05, 0) is 30.7 Å². The van der Waals surface area contributed by atoms with Gasteiger partial charge in [0.1, 0.15) is 5.69 Å². The summed E-state index contributed by atoms with van der Waals surface area (Å²) in [4.78, 5) is 21.0. The molecule has 1 aromatic heterocycles. The highest BCUT2D eigenvalue weighted by atomic mass is 35.5. The van der Waals surface area contributed by atoms with Crippen molar-refractivity contribution in [1.29, 1.82) is 0 Å². The van der Waals surface area contributed by atoms with Crippen molar-refractivity contribution in [2.75, 3.05) is 0 Å². The first kappa shape index (κ1) is 12.8. The number of carbonyl (C=O) groups is 1. The zero-order valence-corrected chi connectivity index (χ0v) is 11.6. The Kier molecular flexibility index (Phi) is 3.20. The lowest BCUT2D eigenvalue weighted by Crippen LogP contribution is -2.05. The lowest BCUT2D eigenvalue weighted by Gasteiger charge is -2.04. The molecule has 0 saturated heterocycles. The first-order chi connectivity index (χ1) is 9.65. The Morgan fingerprint density at radius 2 is 1.85 bits per heavy atom. The molecule has 0 N–H and O–H groups in total. The summed E-state index contributed by atoms with van der Waals surface area (Å²) < 4.78 is 0. The number of ketones is 1. The van der Waals surface area contributed by atoms with Crippen LogP contribution >= 0.6 is 11.6 Å². The number of rotatable bonds is 2. The third kappa shape index (κ3) is 2.28. The van der Waals surface area contributed by atoms with Crippen molar-refractivity contribution in [2.24, 2.45) is 0 Å². The van der Waals surface area contributed by atoms with E-state index >= 15 is 0 Å². The number of benzene rings is 2. The second kappa shape index (κ2) is 5.02. The molecule has 3 aromatic rings. The standard InChI is InChI=1S/C16H11ClN2O/c1-10-6-7-11(8-12(10)17)16(20)15-9-18-13-4-2-3-5-14(13)19-15/h2-9H,1H3. The van der Waals surface area contributed by atoms with Gasteiger partial charge in [-0.2, -0.15) is 0 Å². The molecule has 98 valence electrons. The summed E-state index contributed by atoms with van der Waals surface area (Å²) in [6.45, 7) is 1.90. The second-order valence-electron chi connectivity index (χ2n) is 4.54. The number of hydrogen-bond donors (Lipinski definition) is 0. The molecule has 0 bridgehead atoms. The molecule has 0 fully saturated rings. The maximum atomic E-state index is 12.4. The predicted molar refractivity (Wildman–Crippen MR) is 79.2 cm³/mol. The van der Waals surface area contributed by atoms with Crippen LogP contribution in [0.4, 0.5) is 0 Å². The van der Waals surface area contributed by atoms with Crippen LogP contribution in [0.15, 0.2) is 48.7 Å².